The molecule has 1 saturated heterocycles. The van der Waals surface area contributed by atoms with Crippen molar-refractivity contribution in [1.29, 1.82) is 0 Å². The van der Waals surface area contributed by atoms with Gasteiger partial charge in [0.1, 0.15) is 0 Å². The van der Waals surface area contributed by atoms with E-state index in [1.807, 2.05) is 6.07 Å². The van der Waals surface area contributed by atoms with E-state index >= 15 is 0 Å². The third-order valence-electron chi connectivity index (χ3n) is 5.70. The predicted octanol–water partition coefficient (Wildman–Crippen LogP) is 3.29. The van der Waals surface area contributed by atoms with Crippen molar-refractivity contribution >= 4 is 22.6 Å². The smallest absolute Gasteiger partial charge is 0.337 e. The van der Waals surface area contributed by atoms with Gasteiger partial charge in [-0.25, -0.2) is 4.79 Å². The third kappa shape index (κ3) is 3.47. The lowest BCUT2D eigenvalue weighted by atomic mass is 9.83. The zero-order valence-corrected chi connectivity index (χ0v) is 14.4. The highest BCUT2D eigenvalue weighted by molar-refractivity contribution is 5.93. The van der Waals surface area contributed by atoms with Crippen molar-refractivity contribution in [2.45, 2.75) is 38.1 Å². The highest BCUT2D eigenvalue weighted by Crippen LogP contribution is 2.29. The first-order valence-electron chi connectivity index (χ1n) is 9.32. The molecule has 2 aliphatic rings. The minimum Gasteiger partial charge on any atom is -0.478 e. The van der Waals surface area contributed by atoms with Crippen molar-refractivity contribution < 1.29 is 9.90 Å². The number of piperazine rings is 1. The summed E-state index contributed by atoms with van der Waals surface area (Å²) in [4.78, 5) is 17.9. The van der Waals surface area contributed by atoms with Gasteiger partial charge in [-0.2, -0.15) is 0 Å². The average Bonchev–Trinajstić information content (AvgIpc) is 2.68. The number of anilines is 1. The Morgan fingerprint density at radius 2 is 2.04 bits per heavy atom. The molecule has 1 aliphatic heterocycles. The second kappa shape index (κ2) is 7.00. The van der Waals surface area contributed by atoms with Gasteiger partial charge < -0.3 is 15.3 Å². The fraction of sp³-hybridized carbons (Fsp3) is 0.500. The lowest BCUT2D eigenvalue weighted by Gasteiger charge is -2.40. The Bertz CT molecular complexity index is 771. The third-order valence-corrected chi connectivity index (χ3v) is 5.70. The van der Waals surface area contributed by atoms with Gasteiger partial charge in [0.15, 0.2) is 0 Å². The molecule has 2 aromatic rings. The van der Waals surface area contributed by atoms with E-state index < -0.39 is 5.97 Å². The van der Waals surface area contributed by atoms with Gasteiger partial charge in [0.05, 0.1) is 11.1 Å². The van der Waals surface area contributed by atoms with Crippen molar-refractivity contribution in [3.05, 3.63) is 36.0 Å². The summed E-state index contributed by atoms with van der Waals surface area (Å²) >= 11 is 0. The van der Waals surface area contributed by atoms with Crippen LogP contribution in [-0.2, 0) is 0 Å². The predicted molar refractivity (Wildman–Crippen MR) is 99.3 cm³/mol. The summed E-state index contributed by atoms with van der Waals surface area (Å²) in [5.74, 6) is -0.135. The van der Waals surface area contributed by atoms with E-state index in [0.29, 0.717) is 6.04 Å². The molecule has 1 aromatic heterocycles. The molecule has 1 unspecified atom stereocenters. The molecule has 5 heteroatoms. The number of nitrogens with zero attached hydrogens (tertiary/aromatic N) is 2. The van der Waals surface area contributed by atoms with Crippen molar-refractivity contribution in [2.75, 3.05) is 24.5 Å². The average molecular weight is 339 g/mol. The summed E-state index contributed by atoms with van der Waals surface area (Å²) in [6.45, 7) is 3.07. The molecule has 1 aromatic carbocycles. The zero-order chi connectivity index (χ0) is 17.2. The number of carboxylic acids is 1. The molecule has 0 amide bonds. The zero-order valence-electron chi connectivity index (χ0n) is 14.4. The summed E-state index contributed by atoms with van der Waals surface area (Å²) in [5.41, 5.74) is 2.28. The number of fused-ring (bicyclic) bond motifs is 1. The molecule has 132 valence electrons. The summed E-state index contributed by atoms with van der Waals surface area (Å²) in [5, 5.41) is 13.7. The van der Waals surface area contributed by atoms with Crippen molar-refractivity contribution in [2.24, 2.45) is 5.92 Å². The number of pyridine rings is 1. The molecule has 4 rings (SSSR count). The van der Waals surface area contributed by atoms with Crippen LogP contribution < -0.4 is 10.2 Å². The Kier molecular flexibility index (Phi) is 4.57. The first kappa shape index (κ1) is 16.3. The summed E-state index contributed by atoms with van der Waals surface area (Å²) < 4.78 is 0. The first-order valence-corrected chi connectivity index (χ1v) is 9.32. The Labute approximate surface area is 148 Å². The topological polar surface area (TPSA) is 65.5 Å². The van der Waals surface area contributed by atoms with Crippen LogP contribution in [0.1, 0.15) is 42.5 Å². The minimum absolute atomic E-state index is 0.236. The number of aromatic carboxylic acids is 1. The molecule has 2 fully saturated rings. The maximum Gasteiger partial charge on any atom is 0.337 e. The molecule has 2 N–H and O–H groups in total. The molecular weight excluding hydrogens is 314 g/mol. The van der Waals surface area contributed by atoms with Crippen molar-refractivity contribution in [1.82, 2.24) is 10.3 Å². The molecular formula is C20H25N3O2. The molecule has 5 nitrogen and oxygen atoms in total. The van der Waals surface area contributed by atoms with Gasteiger partial charge in [-0.3, -0.25) is 4.98 Å². The molecule has 0 radical (unpaired) electrons. The summed E-state index contributed by atoms with van der Waals surface area (Å²) in [6.07, 6.45) is 8.27. The van der Waals surface area contributed by atoms with Crippen LogP contribution in [0.4, 0.5) is 5.69 Å². The lowest BCUT2D eigenvalue weighted by molar-refractivity contribution is 0.0696. The number of carbonyl (C=O) groups is 1. The highest BCUT2D eigenvalue weighted by Gasteiger charge is 2.28. The fourth-order valence-electron chi connectivity index (χ4n) is 4.29. The second-order valence-corrected chi connectivity index (χ2v) is 7.31. The number of nitrogens with one attached hydrogen (secondary N) is 1. The standard InChI is InChI=1S/C20H25N3O2/c24-20(25)16-10-15-6-7-17(11-18(15)22-12-16)23-9-8-21-19(13-23)14-4-2-1-3-5-14/h6-7,10-12,14,19,21H,1-5,8-9,13H2,(H,24,25). The SMILES string of the molecule is O=C(O)c1cnc2cc(N3CCNC(C4CCCCC4)C3)ccc2c1. The first-order chi connectivity index (χ1) is 12.2. The largest absolute Gasteiger partial charge is 0.478 e. The summed E-state index contributed by atoms with van der Waals surface area (Å²) in [6, 6.07) is 8.44. The minimum atomic E-state index is -0.934. The van der Waals surface area contributed by atoms with Gasteiger partial charge in [0.25, 0.3) is 0 Å². The highest BCUT2D eigenvalue weighted by atomic mass is 16.4. The van der Waals surface area contributed by atoms with Crippen LogP contribution in [0.5, 0.6) is 0 Å². The Morgan fingerprint density at radius 1 is 1.20 bits per heavy atom. The van der Waals surface area contributed by atoms with Crippen molar-refractivity contribution in [3.8, 4) is 0 Å². The second-order valence-electron chi connectivity index (χ2n) is 7.31. The number of aromatic nitrogens is 1. The normalized spacial score (nSPS) is 22.2. The number of rotatable bonds is 3. The molecule has 2 heterocycles. The molecule has 0 bridgehead atoms. The maximum atomic E-state index is 11.1. The van der Waals surface area contributed by atoms with Gasteiger partial charge in [-0.05, 0) is 37.0 Å². The van der Waals surface area contributed by atoms with Gasteiger partial charge in [0, 0.05) is 42.9 Å². The van der Waals surface area contributed by atoms with Crippen LogP contribution in [0.15, 0.2) is 30.5 Å². The van der Waals surface area contributed by atoms with E-state index in [1.165, 1.54) is 44.0 Å². The van der Waals surface area contributed by atoms with Gasteiger partial charge in [-0.15, -0.1) is 0 Å². The Balaban J connectivity index is 1.54. The van der Waals surface area contributed by atoms with E-state index in [0.717, 1.165) is 36.5 Å². The van der Waals surface area contributed by atoms with E-state index in [-0.39, 0.29) is 5.56 Å². The number of carboxylic acid groups (broad SMARTS) is 1. The Morgan fingerprint density at radius 3 is 2.84 bits per heavy atom. The molecule has 1 atom stereocenters. The van der Waals surface area contributed by atoms with Crippen LogP contribution in [0.25, 0.3) is 10.9 Å². The molecule has 1 aliphatic carbocycles. The lowest BCUT2D eigenvalue weighted by Crippen LogP contribution is -2.54. The van der Waals surface area contributed by atoms with Gasteiger partial charge in [0.2, 0.25) is 0 Å². The van der Waals surface area contributed by atoms with Crippen LogP contribution >= 0.6 is 0 Å². The van der Waals surface area contributed by atoms with E-state index in [2.05, 4.69) is 27.3 Å². The van der Waals surface area contributed by atoms with E-state index in [9.17, 15) is 4.79 Å². The summed E-state index contributed by atoms with van der Waals surface area (Å²) in [7, 11) is 0. The van der Waals surface area contributed by atoms with Gasteiger partial charge >= 0.3 is 5.97 Å². The van der Waals surface area contributed by atoms with Crippen LogP contribution in [0.2, 0.25) is 0 Å². The molecule has 1 saturated carbocycles. The molecule has 25 heavy (non-hydrogen) atoms. The molecule has 0 spiro atoms. The number of benzene rings is 1. The fourth-order valence-corrected chi connectivity index (χ4v) is 4.29. The maximum absolute atomic E-state index is 11.1. The van der Waals surface area contributed by atoms with Crippen molar-refractivity contribution in [3.63, 3.8) is 0 Å². The Hall–Kier alpha value is -2.14. The van der Waals surface area contributed by atoms with Crippen LogP contribution in [0, 0.1) is 5.92 Å². The quantitative estimate of drug-likeness (QED) is 0.898. The monoisotopic (exact) mass is 339 g/mol. The van der Waals surface area contributed by atoms with Gasteiger partial charge in [-0.1, -0.05) is 25.3 Å². The number of hydrogen-bond donors (Lipinski definition) is 2. The van der Waals surface area contributed by atoms with E-state index in [4.69, 9.17) is 5.11 Å². The number of hydrogen-bond acceptors (Lipinski definition) is 4. The van der Waals surface area contributed by atoms with Crippen LogP contribution in [-0.4, -0.2) is 41.7 Å². The van der Waals surface area contributed by atoms with Crippen LogP contribution in [0.3, 0.4) is 0 Å². The van der Waals surface area contributed by atoms with E-state index in [1.54, 1.807) is 6.07 Å².